The maximum atomic E-state index is 5.50. The molecule has 1 aliphatic rings. The van der Waals surface area contributed by atoms with Gasteiger partial charge in [0.2, 0.25) is 0 Å². The zero-order valence-corrected chi connectivity index (χ0v) is 8.73. The molecule has 0 aromatic heterocycles. The minimum absolute atomic E-state index is 0.674. The number of hydrogen-bond acceptors (Lipinski definition) is 2. The molecule has 0 atom stereocenters. The van der Waals surface area contributed by atoms with Crippen molar-refractivity contribution in [2.45, 2.75) is 24.5 Å². The fraction of sp³-hybridized carbons (Fsp3) is 0.400. The number of fused-ring (bicyclic) bond motifs is 1. The molecule has 1 heterocycles. The number of nitrogens with two attached hydrogens (primary N) is 1. The van der Waals surface area contributed by atoms with E-state index < -0.39 is 0 Å². The quantitative estimate of drug-likeness (QED) is 0.436. The monoisotopic (exact) mass is 191 g/mol. The Hall–Kier alpha value is -0.405. The summed E-state index contributed by atoms with van der Waals surface area (Å²) in [6.07, 6.45) is 2.57. The highest BCUT2D eigenvalue weighted by Gasteiger charge is 2.21. The maximum absolute atomic E-state index is 5.50. The van der Waals surface area contributed by atoms with Crippen LogP contribution in [0.25, 0.3) is 0 Å². The Morgan fingerprint density at radius 3 is 3.15 bits per heavy atom. The van der Waals surface area contributed by atoms with Crippen molar-refractivity contribution in [2.75, 3.05) is 5.88 Å². The Kier molecular flexibility index (Phi) is 2.65. The van der Waals surface area contributed by atoms with Crippen molar-refractivity contribution in [3.8, 4) is 0 Å². The summed E-state index contributed by atoms with van der Waals surface area (Å²) in [5.74, 6) is 0.674. The predicted octanol–water partition coefficient (Wildman–Crippen LogP) is 1.58. The second-order valence-corrected chi connectivity index (χ2v) is 4.70. The predicted molar refractivity (Wildman–Crippen MR) is 61.1 cm³/mol. The van der Waals surface area contributed by atoms with Gasteiger partial charge in [-0.2, -0.15) is 0 Å². The number of aryl methyl sites for hydroxylation is 1. The largest absolute Gasteiger partial charge is 0.322 e. The molecule has 1 aliphatic heterocycles. The Bertz CT molecular complexity index is 314. The third-order valence-corrected chi connectivity index (χ3v) is 3.50. The van der Waals surface area contributed by atoms with Crippen LogP contribution in [-0.4, -0.2) is 12.6 Å². The Morgan fingerprint density at radius 2 is 2.38 bits per heavy atom. The highest BCUT2D eigenvalue weighted by Crippen LogP contribution is 2.20. The minimum atomic E-state index is 0.674. The maximum Gasteiger partial charge on any atom is 0.173 e. The van der Waals surface area contributed by atoms with Crippen LogP contribution in [0.3, 0.4) is 0 Å². The highest BCUT2D eigenvalue weighted by atomic mass is 32.2. The van der Waals surface area contributed by atoms with E-state index in [1.54, 1.807) is 17.2 Å². The summed E-state index contributed by atoms with van der Waals surface area (Å²) >= 11 is 1.72. The van der Waals surface area contributed by atoms with Crippen LogP contribution in [0.15, 0.2) is 23.1 Å². The molecule has 3 heteroatoms. The van der Waals surface area contributed by atoms with E-state index in [1.807, 2.05) is 0 Å². The second-order valence-electron chi connectivity index (χ2n) is 3.61. The van der Waals surface area contributed by atoms with Gasteiger partial charge in [-0.1, -0.05) is 36.3 Å². The van der Waals surface area contributed by atoms with Gasteiger partial charge in [-0.3, -0.25) is 0 Å². The number of rotatable bonds is 2. The molecule has 0 unspecified atom stereocenters. The Labute approximate surface area is 84.2 Å². The van der Waals surface area contributed by atoms with Crippen LogP contribution in [0, 0.1) is 0 Å². The molecule has 0 aliphatic carbocycles. The molecule has 0 radical (unpaired) electrons. The van der Waals surface area contributed by atoms with Crippen LogP contribution in [0.5, 0.6) is 0 Å². The molecule has 0 spiro atoms. The number of benzene rings is 1. The fourth-order valence-corrected chi connectivity index (χ4v) is 2.54. The topological polar surface area (TPSA) is 26.0 Å². The van der Waals surface area contributed by atoms with E-state index >= 15 is 0 Å². The second kappa shape index (κ2) is 3.76. The first-order valence-corrected chi connectivity index (χ1v) is 5.75. The molecule has 0 fully saturated rings. The molecule has 1 aromatic carbocycles. The molecule has 0 saturated carbocycles. The molecule has 1 aromatic rings. The van der Waals surface area contributed by atoms with Crippen molar-refractivity contribution >= 4 is 23.9 Å². The van der Waals surface area contributed by atoms with E-state index in [0.29, 0.717) is 5.88 Å². The first-order valence-electron chi connectivity index (χ1n) is 4.77. The van der Waals surface area contributed by atoms with Gasteiger partial charge in [-0.15, -0.1) is 11.8 Å². The summed E-state index contributed by atoms with van der Waals surface area (Å²) in [6, 6.07) is 6.76. The van der Waals surface area contributed by atoms with Gasteiger partial charge in [0.1, 0.15) is 0 Å². The molecule has 0 amide bonds. The van der Waals surface area contributed by atoms with Crippen molar-refractivity contribution in [1.29, 1.82) is 0 Å². The molecule has 0 saturated heterocycles. The van der Waals surface area contributed by atoms with Gasteiger partial charge in [0.15, 0.2) is 6.71 Å². The Balaban J connectivity index is 2.31. The third-order valence-electron chi connectivity index (χ3n) is 2.74. The van der Waals surface area contributed by atoms with Crippen LogP contribution >= 0.6 is 11.8 Å². The van der Waals surface area contributed by atoms with Gasteiger partial charge < -0.3 is 5.73 Å². The smallest absolute Gasteiger partial charge is 0.173 e. The fourth-order valence-electron chi connectivity index (χ4n) is 1.97. The minimum Gasteiger partial charge on any atom is -0.322 e. The highest BCUT2D eigenvalue weighted by molar-refractivity contribution is 7.99. The van der Waals surface area contributed by atoms with Crippen molar-refractivity contribution in [2.24, 2.45) is 5.73 Å². The van der Waals surface area contributed by atoms with E-state index in [-0.39, 0.29) is 0 Å². The summed E-state index contributed by atoms with van der Waals surface area (Å²) in [6.45, 7) is 3.05. The van der Waals surface area contributed by atoms with Crippen molar-refractivity contribution in [3.63, 3.8) is 0 Å². The Morgan fingerprint density at radius 1 is 1.54 bits per heavy atom. The summed E-state index contributed by atoms with van der Waals surface area (Å²) in [5.41, 5.74) is 8.58. The standard InChI is InChI=1S/C10H14BNS/c1-11-5-4-8-2-3-9(13-7-12)6-10(8)11/h2-3,6H,4-5,7,12H2,1H3. The average molecular weight is 191 g/mol. The zero-order chi connectivity index (χ0) is 9.26. The van der Waals surface area contributed by atoms with E-state index in [4.69, 9.17) is 5.73 Å². The van der Waals surface area contributed by atoms with Crippen LogP contribution in [0.2, 0.25) is 13.1 Å². The van der Waals surface area contributed by atoms with Crippen LogP contribution in [0.4, 0.5) is 0 Å². The third kappa shape index (κ3) is 1.76. The van der Waals surface area contributed by atoms with Gasteiger partial charge >= 0.3 is 0 Å². The SMILES string of the molecule is CB1CCc2ccc(SCN)cc21. The summed E-state index contributed by atoms with van der Waals surface area (Å²) < 4.78 is 0. The van der Waals surface area contributed by atoms with Crippen LogP contribution < -0.4 is 11.2 Å². The lowest BCUT2D eigenvalue weighted by molar-refractivity contribution is 1.16. The molecular formula is C10H14BNS. The average Bonchev–Trinajstić information content (AvgIpc) is 2.49. The van der Waals surface area contributed by atoms with Crippen molar-refractivity contribution < 1.29 is 0 Å². The van der Waals surface area contributed by atoms with E-state index in [9.17, 15) is 0 Å². The van der Waals surface area contributed by atoms with Crippen LogP contribution in [-0.2, 0) is 6.42 Å². The van der Waals surface area contributed by atoms with E-state index in [0.717, 1.165) is 6.71 Å². The summed E-state index contributed by atoms with van der Waals surface area (Å²) in [7, 11) is 0. The van der Waals surface area contributed by atoms with E-state index in [2.05, 4.69) is 25.0 Å². The molecule has 68 valence electrons. The van der Waals surface area contributed by atoms with Gasteiger partial charge in [-0.05, 0) is 12.5 Å². The molecule has 13 heavy (non-hydrogen) atoms. The van der Waals surface area contributed by atoms with Gasteiger partial charge in [0.05, 0.1) is 0 Å². The number of thioether (sulfide) groups is 1. The van der Waals surface area contributed by atoms with Gasteiger partial charge in [-0.25, -0.2) is 0 Å². The van der Waals surface area contributed by atoms with Crippen molar-refractivity contribution in [3.05, 3.63) is 23.8 Å². The lowest BCUT2D eigenvalue weighted by atomic mass is 9.48. The first-order chi connectivity index (χ1) is 6.31. The molecule has 1 nitrogen and oxygen atoms in total. The first kappa shape index (κ1) is 9.16. The summed E-state index contributed by atoms with van der Waals surface area (Å²) in [4.78, 5) is 1.31. The molecule has 2 N–H and O–H groups in total. The molecule has 0 bridgehead atoms. The van der Waals surface area contributed by atoms with Gasteiger partial charge in [0.25, 0.3) is 0 Å². The van der Waals surface area contributed by atoms with Crippen LogP contribution in [0.1, 0.15) is 5.56 Å². The lowest BCUT2D eigenvalue weighted by Crippen LogP contribution is -2.22. The van der Waals surface area contributed by atoms with Crippen molar-refractivity contribution in [1.82, 2.24) is 0 Å². The normalized spacial score (nSPS) is 14.8. The number of hydrogen-bond donors (Lipinski definition) is 1. The lowest BCUT2D eigenvalue weighted by Gasteiger charge is -2.05. The van der Waals surface area contributed by atoms with Gasteiger partial charge in [0, 0.05) is 10.8 Å². The zero-order valence-electron chi connectivity index (χ0n) is 7.92. The molecule has 2 rings (SSSR count). The van der Waals surface area contributed by atoms with E-state index in [1.165, 1.54) is 23.2 Å². The summed E-state index contributed by atoms with van der Waals surface area (Å²) in [5, 5.41) is 0. The molecular weight excluding hydrogens is 177 g/mol.